The Labute approximate surface area is 241 Å². The minimum atomic E-state index is -4.46. The summed E-state index contributed by atoms with van der Waals surface area (Å²) in [7, 11) is -4.46. The number of nitrogens with zero attached hydrogens (tertiary/aromatic N) is 3. The van der Waals surface area contributed by atoms with Crippen LogP contribution >= 0.6 is 0 Å². The molecule has 0 atom stereocenters. The molecule has 14 heteroatoms. The SMILES string of the molecule is O=C(c1c(F)ccc(NS(=O)(=O)c2cccc(F)c2)c1F)c1c[nH]c2ncc(-c3cnc(Oc4ccc[nH+]c4)nc3)cc12. The summed E-state index contributed by atoms with van der Waals surface area (Å²) in [5.41, 5.74) is -0.523. The third kappa shape index (κ3) is 5.50. The van der Waals surface area contributed by atoms with Crippen molar-refractivity contribution >= 4 is 32.5 Å². The van der Waals surface area contributed by atoms with Crippen LogP contribution in [0.4, 0.5) is 18.9 Å². The molecule has 10 nitrogen and oxygen atoms in total. The molecule has 214 valence electrons. The Morgan fingerprint density at radius 2 is 1.72 bits per heavy atom. The first-order valence-electron chi connectivity index (χ1n) is 12.4. The molecule has 6 aromatic rings. The van der Waals surface area contributed by atoms with Gasteiger partial charge >= 0.3 is 6.01 Å². The first-order valence-corrected chi connectivity index (χ1v) is 13.9. The molecule has 0 amide bonds. The van der Waals surface area contributed by atoms with Crippen molar-refractivity contribution in [3.05, 3.63) is 120 Å². The van der Waals surface area contributed by atoms with Crippen LogP contribution in [0, 0.1) is 17.5 Å². The Morgan fingerprint density at radius 1 is 0.930 bits per heavy atom. The molecule has 0 spiro atoms. The normalized spacial score (nSPS) is 11.4. The summed E-state index contributed by atoms with van der Waals surface area (Å²) in [6.07, 6.45) is 9.06. The van der Waals surface area contributed by atoms with E-state index in [0.717, 1.165) is 36.4 Å². The van der Waals surface area contributed by atoms with Gasteiger partial charge < -0.3 is 9.72 Å². The van der Waals surface area contributed by atoms with E-state index in [1.54, 1.807) is 30.6 Å². The third-order valence-corrected chi connectivity index (χ3v) is 7.66. The van der Waals surface area contributed by atoms with Crippen LogP contribution in [0.5, 0.6) is 11.8 Å². The third-order valence-electron chi connectivity index (χ3n) is 6.29. The molecule has 0 unspecified atom stereocenters. The van der Waals surface area contributed by atoms with Gasteiger partial charge in [-0.25, -0.2) is 41.5 Å². The highest BCUT2D eigenvalue weighted by Crippen LogP contribution is 2.30. The van der Waals surface area contributed by atoms with Gasteiger partial charge in [0, 0.05) is 52.9 Å². The van der Waals surface area contributed by atoms with E-state index in [-0.39, 0.29) is 22.6 Å². The topological polar surface area (TPSA) is 141 Å². The average Bonchev–Trinajstić information content (AvgIpc) is 3.43. The first kappa shape index (κ1) is 27.5. The minimum Gasteiger partial charge on any atom is -0.418 e. The number of hydrogen-bond donors (Lipinski definition) is 2. The maximum Gasteiger partial charge on any atom is 0.322 e. The zero-order chi connectivity index (χ0) is 30.1. The molecule has 0 fully saturated rings. The van der Waals surface area contributed by atoms with Crippen LogP contribution in [0.1, 0.15) is 15.9 Å². The number of nitrogens with one attached hydrogen (secondary N) is 3. The largest absolute Gasteiger partial charge is 0.418 e. The number of H-pyrrole nitrogens is 2. The standard InChI is InChI=1S/C29H17F3N6O4S/c30-18-3-1-5-20(10-18)43(40,41)38-24-7-6-23(31)25(26(24)32)27(39)22-15-35-28-21(22)9-16(11-34-28)17-12-36-29(37-13-17)42-19-4-2-8-33-14-19/h1-15,38H,(H,34,35)/p+1. The van der Waals surface area contributed by atoms with E-state index in [2.05, 4.69) is 24.9 Å². The number of carbonyl (C=O) groups excluding carboxylic acids is 1. The lowest BCUT2D eigenvalue weighted by Gasteiger charge is -2.12. The number of pyridine rings is 2. The van der Waals surface area contributed by atoms with Crippen molar-refractivity contribution in [1.82, 2.24) is 19.9 Å². The van der Waals surface area contributed by atoms with E-state index in [9.17, 15) is 22.0 Å². The number of halogens is 3. The second-order valence-electron chi connectivity index (χ2n) is 9.09. The average molecular weight is 604 g/mol. The number of aromatic amines is 2. The monoisotopic (exact) mass is 603 g/mol. The molecule has 0 aliphatic carbocycles. The Bertz CT molecular complexity index is 2110. The number of anilines is 1. The molecule has 2 aromatic carbocycles. The van der Waals surface area contributed by atoms with Crippen LogP contribution in [-0.4, -0.2) is 34.1 Å². The van der Waals surface area contributed by atoms with Gasteiger partial charge in [0.15, 0.2) is 17.8 Å². The zero-order valence-electron chi connectivity index (χ0n) is 21.7. The Balaban J connectivity index is 1.31. The lowest BCUT2D eigenvalue weighted by molar-refractivity contribution is -0.378. The van der Waals surface area contributed by atoms with E-state index in [4.69, 9.17) is 4.74 Å². The summed E-state index contributed by atoms with van der Waals surface area (Å²) in [4.78, 5) is 31.3. The number of ketones is 1. The summed E-state index contributed by atoms with van der Waals surface area (Å²) < 4.78 is 76.9. The summed E-state index contributed by atoms with van der Waals surface area (Å²) >= 11 is 0. The van der Waals surface area contributed by atoms with E-state index in [1.807, 2.05) is 4.72 Å². The lowest BCUT2D eigenvalue weighted by Crippen LogP contribution is -2.16. The number of benzene rings is 2. The van der Waals surface area contributed by atoms with Crippen LogP contribution in [0.2, 0.25) is 0 Å². The van der Waals surface area contributed by atoms with Gasteiger partial charge in [0.2, 0.25) is 12.0 Å². The molecule has 0 radical (unpaired) electrons. The number of carbonyl (C=O) groups is 1. The molecule has 0 aliphatic heterocycles. The summed E-state index contributed by atoms with van der Waals surface area (Å²) in [6.45, 7) is 0. The van der Waals surface area contributed by atoms with Crippen LogP contribution in [0.15, 0.2) is 96.7 Å². The van der Waals surface area contributed by atoms with E-state index in [1.165, 1.54) is 24.8 Å². The van der Waals surface area contributed by atoms with Crippen molar-refractivity contribution < 1.29 is 36.1 Å². The molecule has 3 N–H and O–H groups in total. The minimum absolute atomic E-state index is 0.0914. The fourth-order valence-electron chi connectivity index (χ4n) is 4.22. The highest BCUT2D eigenvalue weighted by molar-refractivity contribution is 7.92. The molecule has 4 aromatic heterocycles. The van der Waals surface area contributed by atoms with Gasteiger partial charge in [0.1, 0.15) is 17.3 Å². The molecule has 0 aliphatic rings. The fourth-order valence-corrected chi connectivity index (χ4v) is 5.32. The second-order valence-corrected chi connectivity index (χ2v) is 10.8. The first-order chi connectivity index (χ1) is 20.7. The second kappa shape index (κ2) is 11.0. The van der Waals surface area contributed by atoms with E-state index < -0.39 is 49.4 Å². The maximum atomic E-state index is 15.5. The van der Waals surface area contributed by atoms with Gasteiger partial charge in [-0.15, -0.1) is 0 Å². The van der Waals surface area contributed by atoms with Gasteiger partial charge in [0.25, 0.3) is 10.0 Å². The molecule has 4 heterocycles. The lowest BCUT2D eigenvalue weighted by atomic mass is 10.0. The summed E-state index contributed by atoms with van der Waals surface area (Å²) in [6, 6.07) is 10.8. The molecular formula is C29H18F3N6O4S+. The molecule has 43 heavy (non-hydrogen) atoms. The van der Waals surface area contributed by atoms with Gasteiger partial charge in [-0.1, -0.05) is 6.07 Å². The van der Waals surface area contributed by atoms with E-state index >= 15 is 4.39 Å². The van der Waals surface area contributed by atoms with Crippen molar-refractivity contribution in [2.45, 2.75) is 4.90 Å². The predicted molar refractivity (Wildman–Crippen MR) is 147 cm³/mol. The summed E-state index contributed by atoms with van der Waals surface area (Å²) in [5.74, 6) is -4.05. The van der Waals surface area contributed by atoms with Gasteiger partial charge in [0.05, 0.1) is 16.1 Å². The van der Waals surface area contributed by atoms with Gasteiger partial charge in [-0.05, 0) is 42.5 Å². The Morgan fingerprint density at radius 3 is 2.47 bits per heavy atom. The number of ether oxygens (including phenoxy) is 1. The maximum absolute atomic E-state index is 15.5. The molecule has 0 bridgehead atoms. The van der Waals surface area contributed by atoms with Crippen LogP contribution in [0.25, 0.3) is 22.2 Å². The Hall–Kier alpha value is -5.63. The zero-order valence-corrected chi connectivity index (χ0v) is 22.5. The summed E-state index contributed by atoms with van der Waals surface area (Å²) in [5, 5.41) is 0.243. The van der Waals surface area contributed by atoms with Crippen LogP contribution in [0.3, 0.4) is 0 Å². The smallest absolute Gasteiger partial charge is 0.322 e. The fraction of sp³-hybridized carbons (Fsp3) is 0. The number of rotatable bonds is 8. The van der Waals surface area contributed by atoms with Crippen molar-refractivity contribution in [1.29, 1.82) is 0 Å². The highest BCUT2D eigenvalue weighted by atomic mass is 32.2. The van der Waals surface area contributed by atoms with E-state index in [0.29, 0.717) is 16.9 Å². The molecule has 6 rings (SSSR count). The number of aromatic nitrogens is 5. The Kier molecular flexibility index (Phi) is 7.03. The van der Waals surface area contributed by atoms with Crippen molar-refractivity contribution in [2.75, 3.05) is 4.72 Å². The molecule has 0 saturated heterocycles. The molecule has 0 saturated carbocycles. The van der Waals surface area contributed by atoms with Crippen molar-refractivity contribution in [3.63, 3.8) is 0 Å². The van der Waals surface area contributed by atoms with Crippen molar-refractivity contribution in [2.24, 2.45) is 0 Å². The quantitative estimate of drug-likeness (QED) is 0.231. The highest BCUT2D eigenvalue weighted by Gasteiger charge is 2.27. The van der Waals surface area contributed by atoms with Crippen LogP contribution < -0.4 is 14.4 Å². The van der Waals surface area contributed by atoms with Gasteiger partial charge in [-0.3, -0.25) is 9.52 Å². The number of sulfonamides is 1. The van der Waals surface area contributed by atoms with Gasteiger partial charge in [-0.2, -0.15) is 0 Å². The number of hydrogen-bond acceptors (Lipinski definition) is 7. The predicted octanol–water partition coefficient (Wildman–Crippen LogP) is 5.08. The number of fused-ring (bicyclic) bond motifs is 1. The molecular weight excluding hydrogens is 585 g/mol. The van der Waals surface area contributed by atoms with Crippen molar-refractivity contribution in [3.8, 4) is 22.9 Å². The van der Waals surface area contributed by atoms with Crippen LogP contribution in [-0.2, 0) is 10.0 Å².